The van der Waals surface area contributed by atoms with Crippen LogP contribution in [0.4, 0.5) is 0 Å². The molecule has 2 heterocycles. The molecule has 3 aromatic rings. The summed E-state index contributed by atoms with van der Waals surface area (Å²) in [5, 5.41) is 12.3. The molecular formula is C16H10ClN3OS. The van der Waals surface area contributed by atoms with Crippen LogP contribution >= 0.6 is 22.9 Å². The van der Waals surface area contributed by atoms with E-state index in [0.717, 1.165) is 10.4 Å². The minimum absolute atomic E-state index is 0.245. The molecule has 0 bridgehead atoms. The largest absolute Gasteiger partial charge is 0.305 e. The molecule has 0 atom stereocenters. The zero-order chi connectivity index (χ0) is 15.7. The number of fused-ring (bicyclic) bond motifs is 1. The van der Waals surface area contributed by atoms with Gasteiger partial charge in [-0.2, -0.15) is 5.26 Å². The van der Waals surface area contributed by atoms with Crippen molar-refractivity contribution in [2.75, 3.05) is 0 Å². The average Bonchev–Trinajstić information content (AvgIpc) is 2.89. The molecule has 0 saturated carbocycles. The second-order valence-electron chi connectivity index (χ2n) is 4.71. The lowest BCUT2D eigenvalue weighted by Crippen LogP contribution is -2.11. The number of thiophene rings is 1. The summed E-state index contributed by atoms with van der Waals surface area (Å²) in [5.74, 6) is 0.245. The van der Waals surface area contributed by atoms with E-state index >= 15 is 0 Å². The summed E-state index contributed by atoms with van der Waals surface area (Å²) in [6.45, 7) is 1.97. The van der Waals surface area contributed by atoms with Crippen LogP contribution in [0, 0.1) is 18.3 Å². The van der Waals surface area contributed by atoms with E-state index in [9.17, 15) is 10.1 Å². The normalized spacial score (nSPS) is 11.6. The van der Waals surface area contributed by atoms with E-state index < -0.39 is 0 Å². The maximum Gasteiger partial charge on any atom is 0.259 e. The molecular weight excluding hydrogens is 318 g/mol. The molecule has 0 saturated heterocycles. The van der Waals surface area contributed by atoms with E-state index in [1.54, 1.807) is 24.3 Å². The van der Waals surface area contributed by atoms with E-state index in [2.05, 4.69) is 16.0 Å². The minimum atomic E-state index is -0.291. The van der Waals surface area contributed by atoms with Crippen molar-refractivity contribution in [3.63, 3.8) is 0 Å². The number of H-pyrrole nitrogens is 1. The SMILES string of the molecule is Cc1ccsc1C=C(C#N)c1nc2cc(Cl)ccc2c(=O)[nH]1. The van der Waals surface area contributed by atoms with Crippen molar-refractivity contribution in [1.82, 2.24) is 9.97 Å². The highest BCUT2D eigenvalue weighted by Gasteiger charge is 2.09. The number of nitrogens with zero attached hydrogens (tertiary/aromatic N) is 2. The van der Waals surface area contributed by atoms with E-state index in [1.807, 2.05) is 18.4 Å². The highest BCUT2D eigenvalue weighted by atomic mass is 35.5. The number of aryl methyl sites for hydroxylation is 1. The van der Waals surface area contributed by atoms with Gasteiger partial charge in [0, 0.05) is 9.90 Å². The second kappa shape index (κ2) is 5.76. The van der Waals surface area contributed by atoms with Crippen molar-refractivity contribution >= 4 is 45.5 Å². The quantitative estimate of drug-likeness (QED) is 0.723. The Balaban J connectivity index is 2.20. The lowest BCUT2D eigenvalue weighted by atomic mass is 10.2. The molecule has 1 aromatic carbocycles. The number of benzene rings is 1. The Morgan fingerprint density at radius 2 is 2.27 bits per heavy atom. The van der Waals surface area contributed by atoms with Gasteiger partial charge in [0.05, 0.1) is 16.5 Å². The van der Waals surface area contributed by atoms with Gasteiger partial charge in [0.1, 0.15) is 6.07 Å². The van der Waals surface area contributed by atoms with E-state index in [-0.39, 0.29) is 11.4 Å². The highest BCUT2D eigenvalue weighted by Crippen LogP contribution is 2.23. The molecule has 4 nitrogen and oxygen atoms in total. The summed E-state index contributed by atoms with van der Waals surface area (Å²) in [5.41, 5.74) is 1.56. The van der Waals surface area contributed by atoms with Crippen LogP contribution in [0.5, 0.6) is 0 Å². The topological polar surface area (TPSA) is 69.5 Å². The van der Waals surface area contributed by atoms with Crippen molar-refractivity contribution < 1.29 is 0 Å². The third-order valence-corrected chi connectivity index (χ3v) is 4.42. The van der Waals surface area contributed by atoms with E-state index in [1.165, 1.54) is 11.3 Å². The molecule has 0 aliphatic carbocycles. The van der Waals surface area contributed by atoms with Crippen LogP contribution in [-0.4, -0.2) is 9.97 Å². The van der Waals surface area contributed by atoms with Crippen LogP contribution in [-0.2, 0) is 0 Å². The maximum absolute atomic E-state index is 12.1. The minimum Gasteiger partial charge on any atom is -0.305 e. The summed E-state index contributed by atoms with van der Waals surface area (Å²) < 4.78 is 0. The molecule has 0 aliphatic heterocycles. The molecule has 0 aliphatic rings. The number of aromatic nitrogens is 2. The van der Waals surface area contributed by atoms with E-state index in [4.69, 9.17) is 11.6 Å². The molecule has 0 amide bonds. The van der Waals surface area contributed by atoms with Crippen LogP contribution in [0.2, 0.25) is 5.02 Å². The third-order valence-electron chi connectivity index (χ3n) is 3.22. The van der Waals surface area contributed by atoms with Gasteiger partial charge in [0.15, 0.2) is 5.82 Å². The van der Waals surface area contributed by atoms with Gasteiger partial charge in [0.2, 0.25) is 0 Å². The zero-order valence-electron chi connectivity index (χ0n) is 11.6. The molecule has 6 heteroatoms. The van der Waals surface area contributed by atoms with Gasteiger partial charge >= 0.3 is 0 Å². The molecule has 0 unspecified atom stereocenters. The second-order valence-corrected chi connectivity index (χ2v) is 6.10. The van der Waals surface area contributed by atoms with Gasteiger partial charge < -0.3 is 4.98 Å². The Morgan fingerprint density at radius 1 is 1.45 bits per heavy atom. The number of allylic oxidation sites excluding steroid dienone is 1. The van der Waals surface area contributed by atoms with Crippen molar-refractivity contribution in [3.05, 3.63) is 61.3 Å². The molecule has 0 radical (unpaired) electrons. The van der Waals surface area contributed by atoms with Crippen LogP contribution in [0.3, 0.4) is 0 Å². The molecule has 0 fully saturated rings. The number of nitrogens with one attached hydrogen (secondary N) is 1. The van der Waals surface area contributed by atoms with Crippen LogP contribution in [0.15, 0.2) is 34.4 Å². The third kappa shape index (κ3) is 2.67. The molecule has 2 aromatic heterocycles. The average molecular weight is 328 g/mol. The summed E-state index contributed by atoms with van der Waals surface area (Å²) in [6, 6.07) is 8.93. The lowest BCUT2D eigenvalue weighted by Gasteiger charge is -2.02. The van der Waals surface area contributed by atoms with Gasteiger partial charge in [-0.25, -0.2) is 4.98 Å². The first kappa shape index (κ1) is 14.5. The van der Waals surface area contributed by atoms with Gasteiger partial charge in [-0.1, -0.05) is 11.6 Å². The molecule has 1 N–H and O–H groups in total. The van der Waals surface area contributed by atoms with Crippen LogP contribution < -0.4 is 5.56 Å². The highest BCUT2D eigenvalue weighted by molar-refractivity contribution is 7.11. The van der Waals surface area contributed by atoms with Gasteiger partial charge in [-0.3, -0.25) is 4.79 Å². The fourth-order valence-corrected chi connectivity index (χ4v) is 3.08. The monoisotopic (exact) mass is 327 g/mol. The van der Waals surface area contributed by atoms with Gasteiger partial charge in [-0.05, 0) is 48.2 Å². The van der Waals surface area contributed by atoms with Crippen molar-refractivity contribution in [1.29, 1.82) is 5.26 Å². The standard InChI is InChI=1S/C16H10ClN3OS/c1-9-4-5-22-14(9)6-10(8-18)15-19-13-7-11(17)2-3-12(13)16(21)20-15/h2-7H,1H3,(H,19,20,21). The van der Waals surface area contributed by atoms with Gasteiger partial charge in [-0.15, -0.1) is 11.3 Å². The number of rotatable bonds is 2. The summed E-state index contributed by atoms with van der Waals surface area (Å²) in [6.07, 6.45) is 1.73. The maximum atomic E-state index is 12.1. The Labute approximate surface area is 135 Å². The lowest BCUT2D eigenvalue weighted by molar-refractivity contribution is 1.13. The fourth-order valence-electron chi connectivity index (χ4n) is 2.06. The van der Waals surface area contributed by atoms with Crippen LogP contribution in [0.1, 0.15) is 16.3 Å². The number of hydrogen-bond acceptors (Lipinski definition) is 4. The predicted molar refractivity (Wildman–Crippen MR) is 89.9 cm³/mol. The predicted octanol–water partition coefficient (Wildman–Crippen LogP) is 4.01. The van der Waals surface area contributed by atoms with Crippen molar-refractivity contribution in [2.24, 2.45) is 0 Å². The number of nitriles is 1. The molecule has 3 rings (SSSR count). The summed E-state index contributed by atoms with van der Waals surface area (Å²) >= 11 is 7.47. The smallest absolute Gasteiger partial charge is 0.259 e. The Bertz CT molecular complexity index is 995. The first-order chi connectivity index (χ1) is 10.6. The first-order valence-electron chi connectivity index (χ1n) is 6.44. The summed E-state index contributed by atoms with van der Waals surface area (Å²) in [7, 11) is 0. The zero-order valence-corrected chi connectivity index (χ0v) is 13.1. The number of aromatic amines is 1. The number of hydrogen-bond donors (Lipinski definition) is 1. The first-order valence-corrected chi connectivity index (χ1v) is 7.70. The Morgan fingerprint density at radius 3 is 2.95 bits per heavy atom. The Hall–Kier alpha value is -2.42. The van der Waals surface area contributed by atoms with Gasteiger partial charge in [0.25, 0.3) is 5.56 Å². The van der Waals surface area contributed by atoms with E-state index in [0.29, 0.717) is 21.5 Å². The fraction of sp³-hybridized carbons (Fsp3) is 0.0625. The molecule has 22 heavy (non-hydrogen) atoms. The molecule has 0 spiro atoms. The Kier molecular flexibility index (Phi) is 3.80. The van der Waals surface area contributed by atoms with Crippen LogP contribution in [0.25, 0.3) is 22.6 Å². The number of halogens is 1. The van der Waals surface area contributed by atoms with Crippen molar-refractivity contribution in [2.45, 2.75) is 6.92 Å². The molecule has 108 valence electrons. The van der Waals surface area contributed by atoms with Crippen molar-refractivity contribution in [3.8, 4) is 6.07 Å². The summed E-state index contributed by atoms with van der Waals surface area (Å²) in [4.78, 5) is 20.1.